The first kappa shape index (κ1) is 20.8. The zero-order valence-electron chi connectivity index (χ0n) is 16.6. The molecule has 1 aromatic heterocycles. The summed E-state index contributed by atoms with van der Waals surface area (Å²) < 4.78 is 0. The maximum Gasteiger partial charge on any atom is 0.257 e. The first-order valence-corrected chi connectivity index (χ1v) is 10.3. The Labute approximate surface area is 185 Å². The summed E-state index contributed by atoms with van der Waals surface area (Å²) in [5.74, 6) is -0.964. The van der Waals surface area contributed by atoms with Gasteiger partial charge in [-0.3, -0.25) is 19.4 Å². The molecule has 0 N–H and O–H groups in total. The molecule has 1 atom stereocenters. The largest absolute Gasteiger partial charge is 0.325 e. The number of hydrogen-bond donors (Lipinski definition) is 0. The first-order chi connectivity index (χ1) is 15.0. The summed E-state index contributed by atoms with van der Waals surface area (Å²) in [4.78, 5) is 46.0. The molecule has 1 unspecified atom stereocenters. The fourth-order valence-electron chi connectivity index (χ4n) is 3.65. The van der Waals surface area contributed by atoms with E-state index in [0.29, 0.717) is 10.7 Å². The Hall–Kier alpha value is -3.51. The van der Waals surface area contributed by atoms with Crippen LogP contribution >= 0.6 is 11.6 Å². The van der Waals surface area contributed by atoms with E-state index in [1.807, 2.05) is 12.1 Å². The van der Waals surface area contributed by atoms with Gasteiger partial charge in [-0.1, -0.05) is 48.0 Å². The van der Waals surface area contributed by atoms with Crippen LogP contribution in [0.2, 0.25) is 5.02 Å². The number of hydrogen-bond acceptors (Lipinski definition) is 4. The van der Waals surface area contributed by atoms with E-state index < -0.39 is 11.9 Å². The highest BCUT2D eigenvalue weighted by Gasteiger charge is 2.44. The number of para-hydroxylation sites is 1. The Morgan fingerprint density at radius 3 is 2.42 bits per heavy atom. The van der Waals surface area contributed by atoms with Crippen LogP contribution in [0.25, 0.3) is 0 Å². The van der Waals surface area contributed by atoms with Crippen LogP contribution in [0, 0.1) is 0 Å². The second-order valence-corrected chi connectivity index (χ2v) is 7.75. The van der Waals surface area contributed by atoms with Gasteiger partial charge in [0.1, 0.15) is 6.04 Å². The molecule has 7 heteroatoms. The topological polar surface area (TPSA) is 70.6 Å². The Kier molecular flexibility index (Phi) is 6.09. The van der Waals surface area contributed by atoms with Crippen LogP contribution in [0.15, 0.2) is 79.1 Å². The van der Waals surface area contributed by atoms with Gasteiger partial charge in [0.15, 0.2) is 0 Å². The van der Waals surface area contributed by atoms with Crippen LogP contribution in [-0.4, -0.2) is 33.6 Å². The van der Waals surface area contributed by atoms with Crippen LogP contribution in [0.4, 0.5) is 5.69 Å². The minimum Gasteiger partial charge on any atom is -0.325 e. The maximum atomic E-state index is 13.3. The number of aromatic nitrogens is 1. The Bertz CT molecular complexity index is 1090. The summed E-state index contributed by atoms with van der Waals surface area (Å²) in [6, 6.07) is 18.5. The van der Waals surface area contributed by atoms with Crippen molar-refractivity contribution in [2.45, 2.75) is 25.4 Å². The highest BCUT2D eigenvalue weighted by Crippen LogP contribution is 2.27. The number of carbonyl (C=O) groups excluding carboxylic acids is 3. The lowest BCUT2D eigenvalue weighted by Crippen LogP contribution is -2.45. The zero-order valence-corrected chi connectivity index (χ0v) is 17.4. The predicted octanol–water partition coefficient (Wildman–Crippen LogP) is 3.64. The number of anilines is 1. The van der Waals surface area contributed by atoms with Crippen molar-refractivity contribution in [2.75, 3.05) is 4.90 Å². The molecule has 1 saturated heterocycles. The van der Waals surface area contributed by atoms with Crippen molar-refractivity contribution in [2.24, 2.45) is 0 Å². The summed E-state index contributed by atoms with van der Waals surface area (Å²) in [5.41, 5.74) is 2.07. The number of pyridine rings is 1. The third-order valence-electron chi connectivity index (χ3n) is 5.18. The molecule has 2 heterocycles. The van der Waals surface area contributed by atoms with Gasteiger partial charge in [-0.25, -0.2) is 4.90 Å². The molecule has 0 aliphatic carbocycles. The molecule has 0 radical (unpaired) electrons. The minimum atomic E-state index is -0.868. The minimum absolute atomic E-state index is 0.0552. The van der Waals surface area contributed by atoms with Crippen molar-refractivity contribution in [1.29, 1.82) is 0 Å². The monoisotopic (exact) mass is 433 g/mol. The molecule has 3 amide bonds. The summed E-state index contributed by atoms with van der Waals surface area (Å²) in [6.45, 7) is 0.187. The standard InChI is InChI=1S/C24H20ClN3O3/c25-19-10-8-17(9-11-19)13-22(29)27(16-18-5-4-12-26-15-18)21-14-23(30)28(24(21)31)20-6-2-1-3-7-20/h1-12,15,21H,13-14,16H2. The molecule has 6 nitrogen and oxygen atoms in total. The predicted molar refractivity (Wildman–Crippen MR) is 117 cm³/mol. The van der Waals surface area contributed by atoms with Gasteiger partial charge in [0.25, 0.3) is 5.91 Å². The molecule has 3 aromatic rings. The van der Waals surface area contributed by atoms with E-state index in [-0.39, 0.29) is 31.2 Å². The van der Waals surface area contributed by atoms with Crippen LogP contribution < -0.4 is 4.90 Å². The van der Waals surface area contributed by atoms with Gasteiger partial charge in [-0.05, 0) is 41.5 Å². The normalized spacial score (nSPS) is 15.9. The van der Waals surface area contributed by atoms with E-state index in [1.165, 1.54) is 4.90 Å². The Balaban J connectivity index is 1.62. The average Bonchev–Trinajstić information content (AvgIpc) is 3.08. The van der Waals surface area contributed by atoms with Crippen LogP contribution in [0.3, 0.4) is 0 Å². The molecule has 1 aliphatic heterocycles. The molecule has 4 rings (SSSR count). The van der Waals surface area contributed by atoms with Crippen molar-refractivity contribution in [3.8, 4) is 0 Å². The van der Waals surface area contributed by atoms with Gasteiger partial charge < -0.3 is 4.90 Å². The zero-order chi connectivity index (χ0) is 21.8. The Morgan fingerprint density at radius 1 is 1.00 bits per heavy atom. The van der Waals surface area contributed by atoms with E-state index in [1.54, 1.807) is 67.0 Å². The smallest absolute Gasteiger partial charge is 0.257 e. The number of carbonyl (C=O) groups is 3. The third kappa shape index (κ3) is 4.64. The van der Waals surface area contributed by atoms with Crippen molar-refractivity contribution in [3.05, 3.63) is 95.3 Å². The van der Waals surface area contributed by atoms with Gasteiger partial charge >= 0.3 is 0 Å². The van der Waals surface area contributed by atoms with Gasteiger partial charge in [-0.15, -0.1) is 0 Å². The summed E-state index contributed by atoms with van der Waals surface area (Å²) in [7, 11) is 0. The summed E-state index contributed by atoms with van der Waals surface area (Å²) in [5, 5.41) is 0.582. The van der Waals surface area contributed by atoms with Crippen molar-refractivity contribution in [1.82, 2.24) is 9.88 Å². The van der Waals surface area contributed by atoms with E-state index in [0.717, 1.165) is 16.0 Å². The molecule has 0 saturated carbocycles. The number of amides is 3. The van der Waals surface area contributed by atoms with E-state index in [2.05, 4.69) is 4.98 Å². The van der Waals surface area contributed by atoms with Crippen molar-refractivity contribution in [3.63, 3.8) is 0 Å². The highest BCUT2D eigenvalue weighted by atomic mass is 35.5. The Morgan fingerprint density at radius 2 is 1.74 bits per heavy atom. The molecule has 31 heavy (non-hydrogen) atoms. The molecular weight excluding hydrogens is 414 g/mol. The lowest BCUT2D eigenvalue weighted by molar-refractivity contribution is -0.138. The van der Waals surface area contributed by atoms with E-state index >= 15 is 0 Å². The van der Waals surface area contributed by atoms with Gasteiger partial charge in [0.05, 0.1) is 18.5 Å². The molecule has 0 spiro atoms. The van der Waals surface area contributed by atoms with Crippen LogP contribution in [0.5, 0.6) is 0 Å². The molecule has 1 fully saturated rings. The quantitative estimate of drug-likeness (QED) is 0.556. The number of imide groups is 1. The first-order valence-electron chi connectivity index (χ1n) is 9.87. The number of nitrogens with zero attached hydrogens (tertiary/aromatic N) is 3. The summed E-state index contributed by atoms with van der Waals surface area (Å²) >= 11 is 5.94. The summed E-state index contributed by atoms with van der Waals surface area (Å²) in [6.07, 6.45) is 3.34. The van der Waals surface area contributed by atoms with Gasteiger partial charge in [0, 0.05) is 24.0 Å². The number of benzene rings is 2. The fourth-order valence-corrected chi connectivity index (χ4v) is 3.77. The van der Waals surface area contributed by atoms with Crippen molar-refractivity contribution >= 4 is 35.0 Å². The maximum absolute atomic E-state index is 13.3. The van der Waals surface area contributed by atoms with Gasteiger partial charge in [0.2, 0.25) is 11.8 Å². The van der Waals surface area contributed by atoms with E-state index in [9.17, 15) is 14.4 Å². The lowest BCUT2D eigenvalue weighted by atomic mass is 10.1. The molecule has 156 valence electrons. The second-order valence-electron chi connectivity index (χ2n) is 7.31. The van der Waals surface area contributed by atoms with Crippen molar-refractivity contribution < 1.29 is 14.4 Å². The third-order valence-corrected chi connectivity index (χ3v) is 5.43. The fraction of sp³-hybridized carbons (Fsp3) is 0.167. The lowest BCUT2D eigenvalue weighted by Gasteiger charge is -2.28. The van der Waals surface area contributed by atoms with E-state index in [4.69, 9.17) is 11.6 Å². The number of rotatable bonds is 6. The number of halogens is 1. The van der Waals surface area contributed by atoms with Gasteiger partial charge in [-0.2, -0.15) is 0 Å². The highest BCUT2D eigenvalue weighted by molar-refractivity contribution is 6.30. The molecule has 0 bridgehead atoms. The van der Waals surface area contributed by atoms with Crippen LogP contribution in [-0.2, 0) is 27.3 Å². The average molecular weight is 434 g/mol. The molecular formula is C24H20ClN3O3. The molecule has 1 aliphatic rings. The molecule has 2 aromatic carbocycles. The van der Waals surface area contributed by atoms with Crippen LogP contribution in [0.1, 0.15) is 17.5 Å². The SMILES string of the molecule is O=C1CC(N(Cc2cccnc2)C(=O)Cc2ccc(Cl)cc2)C(=O)N1c1ccccc1. The second kappa shape index (κ2) is 9.10.